The lowest BCUT2D eigenvalue weighted by molar-refractivity contribution is 0.125. The molecule has 0 N–H and O–H groups in total. The summed E-state index contributed by atoms with van der Waals surface area (Å²) < 4.78 is 29.9. The number of hydrogen-bond donors (Lipinski definition) is 0. The van der Waals surface area contributed by atoms with Gasteiger partial charge < -0.3 is 4.57 Å². The van der Waals surface area contributed by atoms with Crippen molar-refractivity contribution in [1.82, 2.24) is 19.1 Å². The van der Waals surface area contributed by atoms with E-state index in [2.05, 4.69) is 17.1 Å². The second-order valence-electron chi connectivity index (χ2n) is 6.47. The fraction of sp³-hybridized carbons (Fsp3) is 0.600. The van der Waals surface area contributed by atoms with Gasteiger partial charge in [0.1, 0.15) is 16.4 Å². The molecule has 1 aliphatic heterocycles. The van der Waals surface area contributed by atoms with Crippen molar-refractivity contribution >= 4 is 21.4 Å². The molecule has 0 aromatic carbocycles. The van der Waals surface area contributed by atoms with Crippen LogP contribution < -0.4 is 0 Å². The van der Waals surface area contributed by atoms with Crippen LogP contribution in [0, 0.1) is 5.41 Å². The molecule has 8 heteroatoms. The molecule has 1 saturated carbocycles. The predicted molar refractivity (Wildman–Crippen MR) is 87.8 cm³/mol. The maximum atomic E-state index is 12.9. The van der Waals surface area contributed by atoms with Crippen LogP contribution in [0.15, 0.2) is 28.0 Å². The van der Waals surface area contributed by atoms with E-state index in [1.165, 1.54) is 17.8 Å². The first-order chi connectivity index (χ1) is 11.1. The lowest BCUT2D eigenvalue weighted by Crippen LogP contribution is -2.38. The van der Waals surface area contributed by atoms with Crippen LogP contribution in [0.5, 0.6) is 0 Å². The van der Waals surface area contributed by atoms with Crippen molar-refractivity contribution in [3.8, 4) is 0 Å². The second-order valence-corrected chi connectivity index (χ2v) is 9.59. The number of rotatable bonds is 4. The van der Waals surface area contributed by atoms with Gasteiger partial charge in [0, 0.05) is 25.6 Å². The van der Waals surface area contributed by atoms with E-state index in [0.29, 0.717) is 17.3 Å². The monoisotopic (exact) mass is 352 g/mol. The van der Waals surface area contributed by atoms with E-state index >= 15 is 0 Å². The minimum absolute atomic E-state index is 0.0459. The summed E-state index contributed by atoms with van der Waals surface area (Å²) in [7, 11) is -3.39. The molecule has 2 aliphatic rings. The minimum atomic E-state index is -3.39. The number of nitrogens with zero attached hydrogens (tertiary/aromatic N) is 4. The first kappa shape index (κ1) is 15.3. The van der Waals surface area contributed by atoms with Crippen molar-refractivity contribution < 1.29 is 8.42 Å². The summed E-state index contributed by atoms with van der Waals surface area (Å²) >= 11 is 1.29. The van der Waals surface area contributed by atoms with Crippen molar-refractivity contribution in [3.05, 3.63) is 29.7 Å². The topological polar surface area (TPSA) is 68.1 Å². The van der Waals surface area contributed by atoms with Gasteiger partial charge in [0.2, 0.25) is 0 Å². The largest absolute Gasteiger partial charge is 0.318 e. The summed E-state index contributed by atoms with van der Waals surface area (Å²) in [5, 5.41) is 10.2. The Morgan fingerprint density at radius 3 is 2.87 bits per heavy atom. The summed E-state index contributed by atoms with van der Waals surface area (Å²) in [6, 6.07) is 3.48. The van der Waals surface area contributed by atoms with Crippen molar-refractivity contribution in [3.63, 3.8) is 0 Å². The van der Waals surface area contributed by atoms with Crippen molar-refractivity contribution in [1.29, 1.82) is 0 Å². The van der Waals surface area contributed by atoms with Crippen molar-refractivity contribution in [2.24, 2.45) is 5.41 Å². The molecule has 1 unspecified atom stereocenters. The van der Waals surface area contributed by atoms with Crippen LogP contribution in [0.25, 0.3) is 0 Å². The SMILES string of the molecule is CCn1cnnc1C1CN(S(=O)(=O)c2cccs2)CC12CCC2. The molecular formula is C15H20N4O2S2. The molecule has 0 bridgehead atoms. The molecule has 2 aromatic heterocycles. The van der Waals surface area contributed by atoms with Crippen LogP contribution in [0.2, 0.25) is 0 Å². The van der Waals surface area contributed by atoms with Gasteiger partial charge in [-0.15, -0.1) is 21.5 Å². The van der Waals surface area contributed by atoms with E-state index < -0.39 is 10.0 Å². The van der Waals surface area contributed by atoms with E-state index in [0.717, 1.165) is 25.2 Å². The average molecular weight is 352 g/mol. The van der Waals surface area contributed by atoms with Crippen molar-refractivity contribution in [2.75, 3.05) is 13.1 Å². The summed E-state index contributed by atoms with van der Waals surface area (Å²) in [5.41, 5.74) is 0.0459. The Labute approximate surface area is 140 Å². The normalized spacial score (nSPS) is 24.1. The lowest BCUT2D eigenvalue weighted by Gasteiger charge is -2.42. The van der Waals surface area contributed by atoms with Crippen LogP contribution in [-0.4, -0.2) is 40.6 Å². The molecule has 23 heavy (non-hydrogen) atoms. The third kappa shape index (κ3) is 2.27. The Kier molecular flexibility index (Phi) is 3.58. The zero-order valence-electron chi connectivity index (χ0n) is 13.1. The Hall–Kier alpha value is -1.25. The van der Waals surface area contributed by atoms with Crippen LogP contribution >= 0.6 is 11.3 Å². The minimum Gasteiger partial charge on any atom is -0.318 e. The van der Waals surface area contributed by atoms with Gasteiger partial charge in [0.15, 0.2) is 0 Å². The van der Waals surface area contributed by atoms with Gasteiger partial charge in [-0.1, -0.05) is 12.5 Å². The number of aromatic nitrogens is 3. The summed E-state index contributed by atoms with van der Waals surface area (Å²) in [4.78, 5) is 0. The van der Waals surface area contributed by atoms with Crippen molar-refractivity contribution in [2.45, 2.75) is 42.9 Å². The fourth-order valence-corrected chi connectivity index (χ4v) is 6.61. The molecule has 3 heterocycles. The van der Waals surface area contributed by atoms with Gasteiger partial charge in [-0.2, -0.15) is 4.31 Å². The number of sulfonamides is 1. The Morgan fingerprint density at radius 1 is 1.43 bits per heavy atom. The summed E-state index contributed by atoms with van der Waals surface area (Å²) in [5.74, 6) is 1.09. The molecule has 1 atom stereocenters. The van der Waals surface area contributed by atoms with Gasteiger partial charge in [-0.3, -0.25) is 0 Å². The molecule has 2 aromatic rings. The highest BCUT2D eigenvalue weighted by Crippen LogP contribution is 2.56. The van der Waals surface area contributed by atoms with Crippen LogP contribution in [0.4, 0.5) is 0 Å². The van der Waals surface area contributed by atoms with E-state index in [-0.39, 0.29) is 11.3 Å². The zero-order valence-corrected chi connectivity index (χ0v) is 14.7. The van der Waals surface area contributed by atoms with E-state index in [1.54, 1.807) is 22.8 Å². The molecule has 2 fully saturated rings. The maximum absolute atomic E-state index is 12.9. The van der Waals surface area contributed by atoms with Crippen LogP contribution in [0.1, 0.15) is 37.9 Å². The van der Waals surface area contributed by atoms with Gasteiger partial charge in [-0.25, -0.2) is 8.42 Å². The maximum Gasteiger partial charge on any atom is 0.252 e. The van der Waals surface area contributed by atoms with Gasteiger partial charge in [-0.05, 0) is 36.6 Å². The zero-order chi connectivity index (χ0) is 16.1. The van der Waals surface area contributed by atoms with E-state index in [4.69, 9.17) is 0 Å². The summed E-state index contributed by atoms with van der Waals surface area (Å²) in [6.07, 6.45) is 5.07. The highest BCUT2D eigenvalue weighted by Gasteiger charge is 2.55. The van der Waals surface area contributed by atoms with Crippen LogP contribution in [0.3, 0.4) is 0 Å². The molecule has 6 nitrogen and oxygen atoms in total. The first-order valence-electron chi connectivity index (χ1n) is 7.98. The Balaban J connectivity index is 1.69. The first-order valence-corrected chi connectivity index (χ1v) is 10.3. The molecule has 1 saturated heterocycles. The van der Waals surface area contributed by atoms with Crippen LogP contribution in [-0.2, 0) is 16.6 Å². The summed E-state index contributed by atoms with van der Waals surface area (Å²) in [6.45, 7) is 4.00. The number of aryl methyl sites for hydroxylation is 1. The van der Waals surface area contributed by atoms with E-state index in [1.807, 2.05) is 9.95 Å². The third-order valence-electron chi connectivity index (χ3n) is 5.35. The van der Waals surface area contributed by atoms with Gasteiger partial charge in [0.05, 0.1) is 0 Å². The standard InChI is InChI=1S/C15H20N4O2S2/c1-2-18-11-16-17-14(18)12-9-19(10-15(12)6-4-7-15)23(20,21)13-5-3-8-22-13/h3,5,8,11-12H,2,4,6-7,9-10H2,1H3. The Morgan fingerprint density at radius 2 is 2.26 bits per heavy atom. The van der Waals surface area contributed by atoms with Gasteiger partial charge >= 0.3 is 0 Å². The second kappa shape index (κ2) is 5.39. The molecule has 4 rings (SSSR count). The highest BCUT2D eigenvalue weighted by atomic mass is 32.2. The average Bonchev–Trinajstić information content (AvgIpc) is 3.23. The molecule has 1 aliphatic carbocycles. The quantitative estimate of drug-likeness (QED) is 0.847. The molecule has 1 spiro atoms. The van der Waals surface area contributed by atoms with E-state index in [9.17, 15) is 8.42 Å². The molecule has 0 amide bonds. The lowest BCUT2D eigenvalue weighted by atomic mass is 9.62. The molecule has 0 radical (unpaired) electrons. The molecular weight excluding hydrogens is 332 g/mol. The number of thiophene rings is 1. The highest BCUT2D eigenvalue weighted by molar-refractivity contribution is 7.91. The van der Waals surface area contributed by atoms with Gasteiger partial charge in [0.25, 0.3) is 10.0 Å². The molecule has 124 valence electrons. The Bertz CT molecular complexity index is 793. The predicted octanol–water partition coefficient (Wildman–Crippen LogP) is 2.32. The smallest absolute Gasteiger partial charge is 0.252 e. The number of hydrogen-bond acceptors (Lipinski definition) is 5. The fourth-order valence-electron chi connectivity index (χ4n) is 3.91. The third-order valence-corrected chi connectivity index (χ3v) is 8.54.